The smallest absolute Gasteiger partial charge is 0.339 e. The predicted molar refractivity (Wildman–Crippen MR) is 97.7 cm³/mol. The fourth-order valence-electron chi connectivity index (χ4n) is 2.44. The molecule has 136 valence electrons. The first-order chi connectivity index (χ1) is 12.4. The van der Waals surface area contributed by atoms with Crippen molar-refractivity contribution in [2.75, 3.05) is 12.4 Å². The zero-order valence-electron chi connectivity index (χ0n) is 14.8. The number of benzene rings is 2. The number of esters is 1. The van der Waals surface area contributed by atoms with E-state index in [9.17, 15) is 19.7 Å². The number of hydrogen-bond acceptors (Lipinski definition) is 6. The molecule has 0 unspecified atom stereocenters. The van der Waals surface area contributed by atoms with Crippen molar-refractivity contribution in [3.8, 4) is 0 Å². The van der Waals surface area contributed by atoms with Gasteiger partial charge in [-0.1, -0.05) is 31.2 Å². The Hall–Kier alpha value is -3.22. The number of nitro groups is 1. The van der Waals surface area contributed by atoms with Crippen LogP contribution in [0, 0.1) is 10.1 Å². The van der Waals surface area contributed by atoms with Crippen molar-refractivity contribution in [1.82, 2.24) is 0 Å². The van der Waals surface area contributed by atoms with E-state index in [2.05, 4.69) is 5.32 Å². The molecule has 0 bridgehead atoms. The van der Waals surface area contributed by atoms with Crippen molar-refractivity contribution in [3.05, 3.63) is 69.3 Å². The van der Waals surface area contributed by atoms with Gasteiger partial charge >= 0.3 is 5.97 Å². The molecule has 0 saturated carbocycles. The molecule has 2 aromatic rings. The molecule has 0 spiro atoms. The molecule has 7 nitrogen and oxygen atoms in total. The Labute approximate surface area is 151 Å². The number of nitro benzene ring substituents is 1. The van der Waals surface area contributed by atoms with Gasteiger partial charge in [0.15, 0.2) is 6.10 Å². The van der Waals surface area contributed by atoms with E-state index in [-0.39, 0.29) is 22.7 Å². The van der Waals surface area contributed by atoms with E-state index in [0.29, 0.717) is 5.56 Å². The number of carbonyl (C=O) groups excluding carboxylic acids is 2. The number of rotatable bonds is 7. The fourth-order valence-corrected chi connectivity index (χ4v) is 2.44. The molecule has 0 amide bonds. The van der Waals surface area contributed by atoms with Crippen LogP contribution in [0.2, 0.25) is 0 Å². The second-order valence-electron chi connectivity index (χ2n) is 5.70. The molecule has 0 aromatic heterocycles. The van der Waals surface area contributed by atoms with Gasteiger partial charge in [0, 0.05) is 18.7 Å². The number of nitrogens with one attached hydrogen (secondary N) is 1. The quantitative estimate of drug-likeness (QED) is 0.352. The van der Waals surface area contributed by atoms with Crippen LogP contribution in [0.1, 0.15) is 40.1 Å². The Balaban J connectivity index is 2.14. The highest BCUT2D eigenvalue weighted by Crippen LogP contribution is 2.25. The summed E-state index contributed by atoms with van der Waals surface area (Å²) in [4.78, 5) is 35.1. The maximum atomic E-state index is 12.4. The van der Waals surface area contributed by atoms with Crippen LogP contribution in [-0.2, 0) is 11.2 Å². The molecule has 1 N–H and O–H groups in total. The fraction of sp³-hybridized carbons (Fsp3) is 0.263. The number of ketones is 1. The average molecular weight is 356 g/mol. The van der Waals surface area contributed by atoms with Gasteiger partial charge in [-0.15, -0.1) is 0 Å². The predicted octanol–water partition coefficient (Wildman–Crippen LogP) is 3.63. The first kappa shape index (κ1) is 19.1. The number of ether oxygens (including phenoxy) is 1. The number of anilines is 1. The van der Waals surface area contributed by atoms with Crippen LogP contribution >= 0.6 is 0 Å². The number of Topliss-reactive ketones (excluding diaryl/α,β-unsaturated/α-hetero) is 1. The van der Waals surface area contributed by atoms with E-state index in [1.165, 1.54) is 19.1 Å². The van der Waals surface area contributed by atoms with E-state index < -0.39 is 17.0 Å². The highest BCUT2D eigenvalue weighted by molar-refractivity contribution is 6.01. The Morgan fingerprint density at radius 3 is 2.31 bits per heavy atom. The third kappa shape index (κ3) is 4.24. The lowest BCUT2D eigenvalue weighted by Crippen LogP contribution is -2.24. The first-order valence-electron chi connectivity index (χ1n) is 8.17. The van der Waals surface area contributed by atoms with Gasteiger partial charge in [0.2, 0.25) is 5.78 Å². The molecule has 0 aliphatic carbocycles. The maximum Gasteiger partial charge on any atom is 0.339 e. The molecule has 0 heterocycles. The summed E-state index contributed by atoms with van der Waals surface area (Å²) in [5.74, 6) is -1.12. The van der Waals surface area contributed by atoms with E-state index in [0.717, 1.165) is 18.1 Å². The van der Waals surface area contributed by atoms with Crippen LogP contribution in [0.4, 0.5) is 11.4 Å². The molecule has 7 heteroatoms. The Morgan fingerprint density at radius 2 is 1.77 bits per heavy atom. The summed E-state index contributed by atoms with van der Waals surface area (Å²) < 4.78 is 5.19. The van der Waals surface area contributed by atoms with Crippen LogP contribution < -0.4 is 5.32 Å². The third-order valence-corrected chi connectivity index (χ3v) is 4.00. The summed E-state index contributed by atoms with van der Waals surface area (Å²) in [5, 5.41) is 13.8. The lowest BCUT2D eigenvalue weighted by molar-refractivity contribution is -0.384. The van der Waals surface area contributed by atoms with Crippen LogP contribution in [-0.4, -0.2) is 29.8 Å². The summed E-state index contributed by atoms with van der Waals surface area (Å²) in [6.07, 6.45) is -0.140. The summed E-state index contributed by atoms with van der Waals surface area (Å²) in [6.45, 7) is 3.49. The summed E-state index contributed by atoms with van der Waals surface area (Å²) >= 11 is 0. The molecule has 0 saturated heterocycles. The second-order valence-corrected chi connectivity index (χ2v) is 5.70. The number of carbonyl (C=O) groups is 2. The highest BCUT2D eigenvalue weighted by Gasteiger charge is 2.23. The maximum absolute atomic E-state index is 12.4. The Morgan fingerprint density at radius 1 is 1.15 bits per heavy atom. The van der Waals surface area contributed by atoms with Crippen molar-refractivity contribution >= 4 is 23.1 Å². The van der Waals surface area contributed by atoms with Gasteiger partial charge in [0.1, 0.15) is 5.69 Å². The molecule has 26 heavy (non-hydrogen) atoms. The summed E-state index contributed by atoms with van der Waals surface area (Å²) in [7, 11) is 1.55. The van der Waals surface area contributed by atoms with Crippen molar-refractivity contribution in [3.63, 3.8) is 0 Å². The third-order valence-electron chi connectivity index (χ3n) is 4.00. The van der Waals surface area contributed by atoms with Crippen LogP contribution in [0.3, 0.4) is 0 Å². The van der Waals surface area contributed by atoms with E-state index in [4.69, 9.17) is 4.74 Å². The summed E-state index contributed by atoms with van der Waals surface area (Å²) in [6, 6.07) is 11.0. The van der Waals surface area contributed by atoms with Gasteiger partial charge in [-0.25, -0.2) is 4.79 Å². The Bertz CT molecular complexity index is 830. The van der Waals surface area contributed by atoms with Gasteiger partial charge in [0.25, 0.3) is 5.69 Å². The van der Waals surface area contributed by atoms with Gasteiger partial charge in [-0.3, -0.25) is 14.9 Å². The largest absolute Gasteiger partial charge is 0.451 e. The van der Waals surface area contributed by atoms with E-state index in [1.54, 1.807) is 19.2 Å². The number of nitrogens with zero attached hydrogens (tertiary/aromatic N) is 1. The van der Waals surface area contributed by atoms with Crippen LogP contribution in [0.15, 0.2) is 42.5 Å². The topological polar surface area (TPSA) is 98.5 Å². The molecule has 0 aliphatic rings. The monoisotopic (exact) mass is 356 g/mol. The zero-order valence-corrected chi connectivity index (χ0v) is 14.8. The van der Waals surface area contributed by atoms with Gasteiger partial charge in [-0.2, -0.15) is 0 Å². The van der Waals surface area contributed by atoms with Crippen molar-refractivity contribution in [2.45, 2.75) is 26.4 Å². The van der Waals surface area contributed by atoms with E-state index >= 15 is 0 Å². The van der Waals surface area contributed by atoms with E-state index in [1.807, 2.05) is 19.1 Å². The highest BCUT2D eigenvalue weighted by atomic mass is 16.6. The standard InChI is InChI=1S/C19H20N2O5/c1-4-13-5-7-14(8-6-13)18(22)12(2)26-19(23)15-9-10-16(20-3)17(11-15)21(24)25/h5-12,20H,4H2,1-3H3/t12-/m0/s1. The van der Waals surface area contributed by atoms with Gasteiger partial charge in [0.05, 0.1) is 10.5 Å². The van der Waals surface area contributed by atoms with Crippen molar-refractivity contribution in [2.24, 2.45) is 0 Å². The first-order valence-corrected chi connectivity index (χ1v) is 8.17. The molecule has 0 aliphatic heterocycles. The lowest BCUT2D eigenvalue weighted by Gasteiger charge is -2.13. The zero-order chi connectivity index (χ0) is 19.3. The molecule has 1 atom stereocenters. The minimum Gasteiger partial charge on any atom is -0.451 e. The lowest BCUT2D eigenvalue weighted by atomic mass is 10.0. The summed E-state index contributed by atoms with van der Waals surface area (Å²) in [5.41, 5.74) is 1.60. The SMILES string of the molecule is CCc1ccc(C(=O)[C@H](C)OC(=O)c2ccc(NC)c([N+](=O)[O-])c2)cc1. The van der Waals surface area contributed by atoms with Crippen LogP contribution in [0.25, 0.3) is 0 Å². The van der Waals surface area contributed by atoms with Gasteiger partial charge in [-0.05, 0) is 31.0 Å². The van der Waals surface area contributed by atoms with Crippen molar-refractivity contribution < 1.29 is 19.2 Å². The molecule has 0 radical (unpaired) electrons. The van der Waals surface area contributed by atoms with Gasteiger partial charge < -0.3 is 10.1 Å². The molecule has 2 aromatic carbocycles. The van der Waals surface area contributed by atoms with Crippen molar-refractivity contribution in [1.29, 1.82) is 0 Å². The minimum absolute atomic E-state index is 0.0108. The average Bonchev–Trinajstić information content (AvgIpc) is 2.66. The second kappa shape index (κ2) is 8.24. The Kier molecular flexibility index (Phi) is 6.06. The van der Waals surface area contributed by atoms with Crippen LogP contribution in [0.5, 0.6) is 0 Å². The number of hydrogen-bond donors (Lipinski definition) is 1. The molecule has 0 fully saturated rings. The molecular weight excluding hydrogens is 336 g/mol. The number of aryl methyl sites for hydroxylation is 1. The molecule has 2 rings (SSSR count). The normalized spacial score (nSPS) is 11.5. The minimum atomic E-state index is -1.00. The molecular formula is C19H20N2O5.